The van der Waals surface area contributed by atoms with Crippen molar-refractivity contribution in [1.82, 2.24) is 14.5 Å². The summed E-state index contributed by atoms with van der Waals surface area (Å²) in [6, 6.07) is 9.45. The summed E-state index contributed by atoms with van der Waals surface area (Å²) in [4.78, 5) is 39.2. The molecule has 0 aliphatic heterocycles. The van der Waals surface area contributed by atoms with Gasteiger partial charge in [-0.05, 0) is 30.4 Å². The van der Waals surface area contributed by atoms with Crippen LogP contribution in [0.25, 0.3) is 0 Å². The van der Waals surface area contributed by atoms with Crippen LogP contribution in [-0.2, 0) is 17.8 Å². The van der Waals surface area contributed by atoms with Crippen molar-refractivity contribution in [2.75, 3.05) is 7.05 Å². The highest BCUT2D eigenvalue weighted by molar-refractivity contribution is 5.76. The normalized spacial score (nSPS) is 16.7. The summed E-state index contributed by atoms with van der Waals surface area (Å²) in [5, 5.41) is 0. The Balaban J connectivity index is 1.81. The van der Waals surface area contributed by atoms with Gasteiger partial charge in [0.05, 0.1) is 6.04 Å². The smallest absolute Gasteiger partial charge is 0.328 e. The Kier molecular flexibility index (Phi) is 4.14. The molecule has 0 saturated carbocycles. The van der Waals surface area contributed by atoms with E-state index in [4.69, 9.17) is 0 Å². The highest BCUT2D eigenvalue weighted by Crippen LogP contribution is 2.33. The molecule has 0 unspecified atom stereocenters. The molecule has 3 rings (SSSR count). The number of aromatic nitrogens is 2. The first-order valence-electron chi connectivity index (χ1n) is 7.69. The number of carbonyl (C=O) groups excluding carboxylic acids is 1. The van der Waals surface area contributed by atoms with Crippen LogP contribution in [0.4, 0.5) is 0 Å². The van der Waals surface area contributed by atoms with Crippen molar-refractivity contribution in [3.8, 4) is 0 Å². The minimum atomic E-state index is -0.566. The Morgan fingerprint density at radius 2 is 2.09 bits per heavy atom. The maximum atomic E-state index is 12.5. The summed E-state index contributed by atoms with van der Waals surface area (Å²) in [7, 11) is 1.77. The van der Waals surface area contributed by atoms with Crippen LogP contribution in [0.3, 0.4) is 0 Å². The van der Waals surface area contributed by atoms with Gasteiger partial charge in [0.25, 0.3) is 5.56 Å². The third-order valence-corrected chi connectivity index (χ3v) is 4.40. The number of fused-ring (bicyclic) bond motifs is 1. The predicted molar refractivity (Wildman–Crippen MR) is 86.2 cm³/mol. The Hall–Kier alpha value is -2.63. The molecule has 1 amide bonds. The molecule has 0 bridgehead atoms. The van der Waals surface area contributed by atoms with Gasteiger partial charge in [-0.1, -0.05) is 24.3 Å². The van der Waals surface area contributed by atoms with Crippen LogP contribution in [0.15, 0.2) is 46.1 Å². The molecule has 23 heavy (non-hydrogen) atoms. The topological polar surface area (TPSA) is 75.2 Å². The number of rotatable bonds is 3. The van der Waals surface area contributed by atoms with Crippen molar-refractivity contribution in [1.29, 1.82) is 0 Å². The molecule has 0 spiro atoms. The Morgan fingerprint density at radius 3 is 2.87 bits per heavy atom. The summed E-state index contributed by atoms with van der Waals surface area (Å²) < 4.78 is 1.22. The first-order valence-corrected chi connectivity index (χ1v) is 7.69. The summed E-state index contributed by atoms with van der Waals surface area (Å²) in [6.45, 7) is -0.0786. The molecular weight excluding hydrogens is 294 g/mol. The van der Waals surface area contributed by atoms with Gasteiger partial charge < -0.3 is 4.90 Å². The SMILES string of the molecule is CN(C(=O)Cn1ccc(=O)[nH]c1=O)[C@H]1CCCc2ccccc21. The number of hydrogen-bond acceptors (Lipinski definition) is 3. The Labute approximate surface area is 133 Å². The zero-order valence-electron chi connectivity index (χ0n) is 13.0. The lowest BCUT2D eigenvalue weighted by atomic mass is 9.87. The highest BCUT2D eigenvalue weighted by atomic mass is 16.2. The molecule has 120 valence electrons. The molecule has 1 heterocycles. The van der Waals surface area contributed by atoms with Crippen molar-refractivity contribution in [3.05, 3.63) is 68.5 Å². The quantitative estimate of drug-likeness (QED) is 0.921. The summed E-state index contributed by atoms with van der Waals surface area (Å²) >= 11 is 0. The average molecular weight is 313 g/mol. The second-order valence-electron chi connectivity index (χ2n) is 5.85. The zero-order valence-corrected chi connectivity index (χ0v) is 13.0. The predicted octanol–water partition coefficient (Wildman–Crippen LogP) is 1.07. The first-order chi connectivity index (χ1) is 11.1. The number of aryl methyl sites for hydroxylation is 1. The van der Waals surface area contributed by atoms with E-state index in [1.807, 2.05) is 12.1 Å². The van der Waals surface area contributed by atoms with Gasteiger partial charge in [-0.25, -0.2) is 4.79 Å². The lowest BCUT2D eigenvalue weighted by Gasteiger charge is -2.33. The molecule has 0 radical (unpaired) electrons. The Bertz CT molecular complexity index is 837. The van der Waals surface area contributed by atoms with E-state index in [0.717, 1.165) is 19.3 Å². The third kappa shape index (κ3) is 3.11. The van der Waals surface area contributed by atoms with Crippen molar-refractivity contribution in [2.24, 2.45) is 0 Å². The van der Waals surface area contributed by atoms with E-state index in [-0.39, 0.29) is 18.5 Å². The van der Waals surface area contributed by atoms with Gasteiger partial charge >= 0.3 is 5.69 Å². The molecule has 1 aliphatic rings. The van der Waals surface area contributed by atoms with Crippen LogP contribution in [-0.4, -0.2) is 27.4 Å². The number of carbonyl (C=O) groups is 1. The van der Waals surface area contributed by atoms with Crippen LogP contribution in [0.5, 0.6) is 0 Å². The van der Waals surface area contributed by atoms with Gasteiger partial charge in [-0.2, -0.15) is 0 Å². The van der Waals surface area contributed by atoms with Crippen molar-refractivity contribution >= 4 is 5.91 Å². The van der Waals surface area contributed by atoms with Crippen LogP contribution >= 0.6 is 0 Å². The van der Waals surface area contributed by atoms with Crippen LogP contribution in [0, 0.1) is 0 Å². The monoisotopic (exact) mass is 313 g/mol. The number of nitrogens with zero attached hydrogens (tertiary/aromatic N) is 2. The van der Waals surface area contributed by atoms with E-state index in [1.165, 1.54) is 28.0 Å². The number of amides is 1. The van der Waals surface area contributed by atoms with Crippen molar-refractivity contribution in [3.63, 3.8) is 0 Å². The average Bonchev–Trinajstić information content (AvgIpc) is 2.56. The van der Waals surface area contributed by atoms with E-state index < -0.39 is 11.2 Å². The fourth-order valence-electron chi connectivity index (χ4n) is 3.13. The second-order valence-corrected chi connectivity index (χ2v) is 5.85. The van der Waals surface area contributed by atoms with E-state index >= 15 is 0 Å². The van der Waals surface area contributed by atoms with E-state index in [0.29, 0.717) is 0 Å². The molecule has 0 fully saturated rings. The molecule has 1 atom stereocenters. The fraction of sp³-hybridized carbons (Fsp3) is 0.353. The van der Waals surface area contributed by atoms with E-state index in [9.17, 15) is 14.4 Å². The highest BCUT2D eigenvalue weighted by Gasteiger charge is 2.26. The summed E-state index contributed by atoms with van der Waals surface area (Å²) in [6.07, 6.45) is 4.34. The zero-order chi connectivity index (χ0) is 16.4. The van der Waals surface area contributed by atoms with Gasteiger partial charge in [0.1, 0.15) is 6.54 Å². The van der Waals surface area contributed by atoms with Crippen LogP contribution in [0.2, 0.25) is 0 Å². The molecule has 1 aliphatic carbocycles. The molecular formula is C17H19N3O3. The molecule has 1 N–H and O–H groups in total. The molecule has 6 nitrogen and oxygen atoms in total. The molecule has 1 aromatic carbocycles. The number of benzene rings is 1. The summed E-state index contributed by atoms with van der Waals surface area (Å²) in [5.41, 5.74) is 1.43. The standard InChI is InChI=1S/C17H19N3O3/c1-19(14-8-4-6-12-5-2-3-7-13(12)14)16(22)11-20-10-9-15(21)18-17(20)23/h2-3,5,7,9-10,14H,4,6,8,11H2,1H3,(H,18,21,23)/t14-/m0/s1. The lowest BCUT2D eigenvalue weighted by molar-refractivity contribution is -0.133. The molecule has 1 aromatic heterocycles. The first kappa shape index (κ1) is 15.3. The number of H-pyrrole nitrogens is 1. The number of hydrogen-bond donors (Lipinski definition) is 1. The van der Waals surface area contributed by atoms with Crippen molar-refractivity contribution < 1.29 is 4.79 Å². The van der Waals surface area contributed by atoms with E-state index in [2.05, 4.69) is 17.1 Å². The van der Waals surface area contributed by atoms with Gasteiger partial charge in [0, 0.05) is 19.3 Å². The fourth-order valence-corrected chi connectivity index (χ4v) is 3.13. The van der Waals surface area contributed by atoms with Gasteiger partial charge in [0.2, 0.25) is 5.91 Å². The number of aromatic amines is 1. The Morgan fingerprint density at radius 1 is 1.30 bits per heavy atom. The second kappa shape index (κ2) is 6.24. The van der Waals surface area contributed by atoms with Crippen LogP contribution in [0.1, 0.15) is 30.0 Å². The summed E-state index contributed by atoms with van der Waals surface area (Å²) in [5.74, 6) is -0.152. The van der Waals surface area contributed by atoms with Gasteiger partial charge in [-0.3, -0.25) is 19.1 Å². The minimum absolute atomic E-state index is 0.0333. The third-order valence-electron chi connectivity index (χ3n) is 4.40. The minimum Gasteiger partial charge on any atom is -0.337 e. The lowest BCUT2D eigenvalue weighted by Crippen LogP contribution is -2.39. The molecule has 6 heteroatoms. The van der Waals surface area contributed by atoms with Gasteiger partial charge in [-0.15, -0.1) is 0 Å². The van der Waals surface area contributed by atoms with Crippen molar-refractivity contribution in [2.45, 2.75) is 31.8 Å². The van der Waals surface area contributed by atoms with Crippen LogP contribution < -0.4 is 11.2 Å². The number of likely N-dealkylation sites (N-methyl/N-ethyl adjacent to an activating group) is 1. The van der Waals surface area contributed by atoms with Gasteiger partial charge in [0.15, 0.2) is 0 Å². The molecule has 0 saturated heterocycles. The maximum Gasteiger partial charge on any atom is 0.328 e. The largest absolute Gasteiger partial charge is 0.337 e. The number of nitrogens with one attached hydrogen (secondary N) is 1. The molecule has 2 aromatic rings. The van der Waals surface area contributed by atoms with E-state index in [1.54, 1.807) is 11.9 Å². The maximum absolute atomic E-state index is 12.5.